The van der Waals surface area contributed by atoms with Crippen LogP contribution in [0.2, 0.25) is 0 Å². The van der Waals surface area contributed by atoms with Crippen LogP contribution in [0.1, 0.15) is 40.5 Å². The Morgan fingerprint density at radius 2 is 1.90 bits per heavy atom. The van der Waals surface area contributed by atoms with Crippen molar-refractivity contribution in [2.45, 2.75) is 46.6 Å². The molecule has 0 aliphatic carbocycles. The highest BCUT2D eigenvalue weighted by Gasteiger charge is 2.09. The number of rotatable bonds is 11. The van der Waals surface area contributed by atoms with Crippen molar-refractivity contribution in [3.63, 3.8) is 0 Å². The molecule has 0 amide bonds. The standard InChI is InChI=1S/C14H27N5OS/c1-5-9-20-14-18-12(15-6-2)17-13(19-14)16-11(4)8-10-21-7-3/h11H,5-10H2,1-4H3,(H2,15,16,17,18,19). The van der Waals surface area contributed by atoms with Crippen LogP contribution in [0.4, 0.5) is 11.9 Å². The number of thioether (sulfide) groups is 1. The highest BCUT2D eigenvalue weighted by atomic mass is 32.2. The summed E-state index contributed by atoms with van der Waals surface area (Å²) in [6, 6.07) is 0.695. The second-order valence-electron chi connectivity index (χ2n) is 4.67. The molecule has 1 atom stereocenters. The molecule has 0 fully saturated rings. The highest BCUT2D eigenvalue weighted by molar-refractivity contribution is 7.99. The summed E-state index contributed by atoms with van der Waals surface area (Å²) in [5.41, 5.74) is 0. The summed E-state index contributed by atoms with van der Waals surface area (Å²) < 4.78 is 5.52. The van der Waals surface area contributed by atoms with Crippen molar-refractivity contribution in [2.75, 3.05) is 35.3 Å². The number of nitrogens with zero attached hydrogens (tertiary/aromatic N) is 3. The zero-order valence-corrected chi connectivity index (χ0v) is 14.3. The maximum Gasteiger partial charge on any atom is 0.323 e. The number of hydrogen-bond acceptors (Lipinski definition) is 7. The third-order valence-electron chi connectivity index (χ3n) is 2.66. The third-order valence-corrected chi connectivity index (χ3v) is 3.59. The number of anilines is 2. The molecule has 0 aliphatic heterocycles. The third kappa shape index (κ3) is 7.36. The van der Waals surface area contributed by atoms with Crippen LogP contribution in [-0.2, 0) is 0 Å². The quantitative estimate of drug-likeness (QED) is 0.608. The van der Waals surface area contributed by atoms with Crippen LogP contribution in [0.15, 0.2) is 0 Å². The van der Waals surface area contributed by atoms with Crippen LogP contribution in [0, 0.1) is 0 Å². The lowest BCUT2D eigenvalue weighted by Gasteiger charge is -2.14. The molecule has 1 aromatic rings. The monoisotopic (exact) mass is 313 g/mol. The van der Waals surface area contributed by atoms with Crippen molar-refractivity contribution >= 4 is 23.7 Å². The Balaban J connectivity index is 2.67. The van der Waals surface area contributed by atoms with Gasteiger partial charge in [0, 0.05) is 12.6 Å². The van der Waals surface area contributed by atoms with Crippen LogP contribution in [0.5, 0.6) is 6.01 Å². The van der Waals surface area contributed by atoms with Crippen LogP contribution in [0.3, 0.4) is 0 Å². The van der Waals surface area contributed by atoms with Crippen molar-refractivity contribution in [3.05, 3.63) is 0 Å². The lowest BCUT2D eigenvalue weighted by Crippen LogP contribution is -2.19. The van der Waals surface area contributed by atoms with Gasteiger partial charge in [-0.2, -0.15) is 26.7 Å². The van der Waals surface area contributed by atoms with E-state index in [2.05, 4.69) is 46.4 Å². The van der Waals surface area contributed by atoms with Crippen molar-refractivity contribution in [1.29, 1.82) is 0 Å². The van der Waals surface area contributed by atoms with Crippen molar-refractivity contribution in [3.8, 4) is 6.01 Å². The molecule has 21 heavy (non-hydrogen) atoms. The van der Waals surface area contributed by atoms with Crippen molar-refractivity contribution < 1.29 is 4.74 Å². The first-order valence-electron chi connectivity index (χ1n) is 7.66. The zero-order chi connectivity index (χ0) is 15.5. The Bertz CT molecular complexity index is 405. The molecule has 0 bridgehead atoms. The molecule has 120 valence electrons. The largest absolute Gasteiger partial charge is 0.463 e. The first kappa shape index (κ1) is 17.8. The van der Waals surface area contributed by atoms with E-state index in [9.17, 15) is 0 Å². The number of ether oxygens (including phenoxy) is 1. The van der Waals surface area contributed by atoms with E-state index in [1.165, 1.54) is 0 Å². The highest BCUT2D eigenvalue weighted by Crippen LogP contribution is 2.14. The fourth-order valence-corrected chi connectivity index (χ4v) is 2.42. The van der Waals surface area contributed by atoms with Gasteiger partial charge in [0.05, 0.1) is 6.61 Å². The SMILES string of the molecule is CCCOc1nc(NCC)nc(NC(C)CCSCC)n1. The predicted octanol–water partition coefficient (Wildman–Crippen LogP) is 3.04. The van der Waals surface area contributed by atoms with E-state index >= 15 is 0 Å². The van der Waals surface area contributed by atoms with Crippen molar-refractivity contribution in [2.24, 2.45) is 0 Å². The van der Waals surface area contributed by atoms with Gasteiger partial charge in [-0.25, -0.2) is 0 Å². The van der Waals surface area contributed by atoms with Crippen LogP contribution in [0.25, 0.3) is 0 Å². The lowest BCUT2D eigenvalue weighted by molar-refractivity contribution is 0.292. The summed E-state index contributed by atoms with van der Waals surface area (Å²) in [7, 11) is 0. The molecule has 1 aromatic heterocycles. The molecule has 2 N–H and O–H groups in total. The van der Waals surface area contributed by atoms with E-state index in [-0.39, 0.29) is 0 Å². The molecule has 7 heteroatoms. The van der Waals surface area contributed by atoms with Gasteiger partial charge < -0.3 is 15.4 Å². The minimum Gasteiger partial charge on any atom is -0.463 e. The van der Waals surface area contributed by atoms with Gasteiger partial charge in [-0.15, -0.1) is 0 Å². The minimum atomic E-state index is 0.319. The maximum absolute atomic E-state index is 5.52. The Labute approximate surface area is 131 Å². The van der Waals surface area contributed by atoms with Crippen LogP contribution >= 0.6 is 11.8 Å². The average molecular weight is 313 g/mol. The summed E-state index contributed by atoms with van der Waals surface area (Å²) in [4.78, 5) is 12.9. The molecule has 1 heterocycles. The first-order valence-corrected chi connectivity index (χ1v) is 8.82. The molecule has 1 unspecified atom stereocenters. The van der Waals surface area contributed by atoms with E-state index in [4.69, 9.17) is 4.74 Å². The normalized spacial score (nSPS) is 12.0. The Kier molecular flexibility index (Phi) is 8.89. The summed E-state index contributed by atoms with van der Waals surface area (Å²) in [5, 5.41) is 6.42. The zero-order valence-electron chi connectivity index (χ0n) is 13.5. The summed E-state index contributed by atoms with van der Waals surface area (Å²) >= 11 is 1.94. The number of aromatic nitrogens is 3. The van der Waals surface area contributed by atoms with Gasteiger partial charge in [0.25, 0.3) is 0 Å². The Hall–Kier alpha value is -1.24. The van der Waals surface area contributed by atoms with Gasteiger partial charge >= 0.3 is 6.01 Å². The van der Waals surface area contributed by atoms with Gasteiger partial charge in [-0.05, 0) is 38.2 Å². The predicted molar refractivity (Wildman–Crippen MR) is 90.5 cm³/mol. The molecule has 0 aliphatic rings. The molecular weight excluding hydrogens is 286 g/mol. The van der Waals surface area contributed by atoms with Gasteiger partial charge in [0.1, 0.15) is 0 Å². The van der Waals surface area contributed by atoms with E-state index in [1.54, 1.807) is 0 Å². The fourth-order valence-electron chi connectivity index (χ4n) is 1.61. The lowest BCUT2D eigenvalue weighted by atomic mass is 10.3. The Morgan fingerprint density at radius 3 is 2.57 bits per heavy atom. The smallest absolute Gasteiger partial charge is 0.323 e. The van der Waals surface area contributed by atoms with Gasteiger partial charge in [0.15, 0.2) is 0 Å². The van der Waals surface area contributed by atoms with E-state index in [0.29, 0.717) is 30.6 Å². The first-order chi connectivity index (χ1) is 10.2. The maximum atomic E-state index is 5.52. The van der Waals surface area contributed by atoms with Crippen LogP contribution in [-0.4, -0.2) is 45.7 Å². The molecule has 0 saturated heterocycles. The molecule has 0 radical (unpaired) electrons. The second-order valence-corrected chi connectivity index (χ2v) is 6.07. The summed E-state index contributed by atoms with van der Waals surface area (Å²) in [6.45, 7) is 9.75. The number of hydrogen-bond donors (Lipinski definition) is 2. The van der Waals surface area contributed by atoms with E-state index in [1.807, 2.05) is 18.7 Å². The molecule has 1 rings (SSSR count). The molecule has 6 nitrogen and oxygen atoms in total. The molecule has 0 aromatic carbocycles. The van der Waals surface area contributed by atoms with Gasteiger partial charge in [0.2, 0.25) is 11.9 Å². The summed E-state index contributed by atoms with van der Waals surface area (Å²) in [6.07, 6.45) is 2.00. The minimum absolute atomic E-state index is 0.319. The molecular formula is C14H27N5OS. The second kappa shape index (κ2) is 10.5. The number of nitrogens with one attached hydrogen (secondary N) is 2. The van der Waals surface area contributed by atoms with Crippen molar-refractivity contribution in [1.82, 2.24) is 15.0 Å². The Morgan fingerprint density at radius 1 is 1.14 bits per heavy atom. The molecule has 0 spiro atoms. The molecule has 0 saturated carbocycles. The topological polar surface area (TPSA) is 72.0 Å². The van der Waals surface area contributed by atoms with E-state index in [0.717, 1.165) is 30.9 Å². The van der Waals surface area contributed by atoms with Gasteiger partial charge in [-0.3, -0.25) is 0 Å². The fraction of sp³-hybridized carbons (Fsp3) is 0.786. The summed E-state index contributed by atoms with van der Waals surface area (Å²) in [5.74, 6) is 3.41. The average Bonchev–Trinajstić information content (AvgIpc) is 2.45. The van der Waals surface area contributed by atoms with Crippen LogP contribution < -0.4 is 15.4 Å². The van der Waals surface area contributed by atoms with E-state index < -0.39 is 0 Å². The van der Waals surface area contributed by atoms with Gasteiger partial charge in [-0.1, -0.05) is 13.8 Å².